The second-order valence-corrected chi connectivity index (χ2v) is 5.25. The van der Waals surface area contributed by atoms with Crippen LogP contribution in [0.3, 0.4) is 0 Å². The first-order valence-corrected chi connectivity index (χ1v) is 6.63. The third-order valence-corrected chi connectivity index (χ3v) is 4.03. The highest BCUT2D eigenvalue weighted by Gasteiger charge is 2.25. The predicted molar refractivity (Wildman–Crippen MR) is 66.9 cm³/mol. The van der Waals surface area contributed by atoms with E-state index in [4.69, 9.17) is 5.73 Å². The summed E-state index contributed by atoms with van der Waals surface area (Å²) < 4.78 is 0. The van der Waals surface area contributed by atoms with Crippen molar-refractivity contribution in [2.75, 3.05) is 19.6 Å². The molecule has 0 spiro atoms. The zero-order valence-corrected chi connectivity index (χ0v) is 10.7. The van der Waals surface area contributed by atoms with Gasteiger partial charge in [-0.1, -0.05) is 20.3 Å². The van der Waals surface area contributed by atoms with Gasteiger partial charge < -0.3 is 10.6 Å². The predicted octanol–water partition coefficient (Wildman–Crippen LogP) is 2.48. The zero-order chi connectivity index (χ0) is 11.3. The molecule has 0 aromatic heterocycles. The number of nitrogens with zero attached hydrogens (tertiary/aromatic N) is 1. The molecule has 3 atom stereocenters. The van der Waals surface area contributed by atoms with E-state index in [1.54, 1.807) is 0 Å². The molecule has 0 saturated carbocycles. The molecule has 15 heavy (non-hydrogen) atoms. The van der Waals surface area contributed by atoms with Crippen molar-refractivity contribution in [2.45, 2.75) is 52.5 Å². The summed E-state index contributed by atoms with van der Waals surface area (Å²) in [5.74, 6) is 1.57. The molecule has 0 aliphatic carbocycles. The van der Waals surface area contributed by atoms with E-state index in [1.807, 2.05) is 0 Å². The molecular formula is C13H28N2. The number of hydrogen-bond donors (Lipinski definition) is 1. The Kier molecular flexibility index (Phi) is 5.62. The van der Waals surface area contributed by atoms with E-state index in [-0.39, 0.29) is 0 Å². The van der Waals surface area contributed by atoms with Crippen LogP contribution in [-0.4, -0.2) is 30.6 Å². The molecule has 2 heteroatoms. The lowest BCUT2D eigenvalue weighted by molar-refractivity contribution is 0.0946. The standard InChI is InChI=1S/C13H28N2/c1-4-6-13(9-14)10-15-8-5-7-11(2)12(15)3/h11-13H,4-10,14H2,1-3H3. The second kappa shape index (κ2) is 6.49. The van der Waals surface area contributed by atoms with Crippen LogP contribution in [0.1, 0.15) is 46.5 Å². The summed E-state index contributed by atoms with van der Waals surface area (Å²) in [4.78, 5) is 2.65. The van der Waals surface area contributed by atoms with Crippen LogP contribution in [-0.2, 0) is 0 Å². The molecule has 0 aromatic rings. The number of likely N-dealkylation sites (tertiary alicyclic amines) is 1. The van der Waals surface area contributed by atoms with Gasteiger partial charge in [-0.05, 0) is 51.1 Å². The molecule has 1 aliphatic heterocycles. The number of rotatable bonds is 5. The maximum absolute atomic E-state index is 5.83. The lowest BCUT2D eigenvalue weighted by Crippen LogP contribution is -2.45. The van der Waals surface area contributed by atoms with Gasteiger partial charge >= 0.3 is 0 Å². The molecule has 2 nitrogen and oxygen atoms in total. The van der Waals surface area contributed by atoms with Crippen molar-refractivity contribution < 1.29 is 0 Å². The van der Waals surface area contributed by atoms with Gasteiger partial charge in [0.2, 0.25) is 0 Å². The van der Waals surface area contributed by atoms with Gasteiger partial charge in [-0.3, -0.25) is 0 Å². The van der Waals surface area contributed by atoms with E-state index in [0.717, 1.165) is 18.5 Å². The third-order valence-electron chi connectivity index (χ3n) is 4.03. The van der Waals surface area contributed by atoms with Crippen LogP contribution in [0, 0.1) is 11.8 Å². The van der Waals surface area contributed by atoms with Gasteiger partial charge in [-0.25, -0.2) is 0 Å². The summed E-state index contributed by atoms with van der Waals surface area (Å²) in [5.41, 5.74) is 5.83. The van der Waals surface area contributed by atoms with Crippen molar-refractivity contribution in [3.05, 3.63) is 0 Å². The molecule has 1 heterocycles. The molecule has 1 saturated heterocycles. The van der Waals surface area contributed by atoms with Crippen molar-refractivity contribution >= 4 is 0 Å². The van der Waals surface area contributed by atoms with Crippen LogP contribution in [0.4, 0.5) is 0 Å². The Balaban J connectivity index is 2.40. The molecule has 3 unspecified atom stereocenters. The Morgan fingerprint density at radius 3 is 2.73 bits per heavy atom. The van der Waals surface area contributed by atoms with Crippen molar-refractivity contribution in [3.8, 4) is 0 Å². The normalized spacial score (nSPS) is 30.4. The lowest BCUT2D eigenvalue weighted by atomic mass is 9.90. The van der Waals surface area contributed by atoms with Gasteiger partial charge in [0.05, 0.1) is 0 Å². The van der Waals surface area contributed by atoms with E-state index in [1.165, 1.54) is 38.8 Å². The molecule has 90 valence electrons. The van der Waals surface area contributed by atoms with E-state index in [2.05, 4.69) is 25.7 Å². The van der Waals surface area contributed by atoms with E-state index < -0.39 is 0 Å². The Hall–Kier alpha value is -0.0800. The van der Waals surface area contributed by atoms with E-state index in [9.17, 15) is 0 Å². The van der Waals surface area contributed by atoms with E-state index in [0.29, 0.717) is 5.92 Å². The average Bonchev–Trinajstić information content (AvgIpc) is 2.24. The number of hydrogen-bond acceptors (Lipinski definition) is 2. The zero-order valence-electron chi connectivity index (χ0n) is 10.7. The quantitative estimate of drug-likeness (QED) is 0.758. The summed E-state index contributed by atoms with van der Waals surface area (Å²) in [6, 6.07) is 0.754. The molecule has 2 N–H and O–H groups in total. The highest BCUT2D eigenvalue weighted by atomic mass is 15.2. The van der Waals surface area contributed by atoms with Gasteiger partial charge in [0.1, 0.15) is 0 Å². The summed E-state index contributed by atoms with van der Waals surface area (Å²) in [6.07, 6.45) is 5.32. The number of piperidine rings is 1. The molecule has 0 aromatic carbocycles. The summed E-state index contributed by atoms with van der Waals surface area (Å²) in [5, 5.41) is 0. The fourth-order valence-electron chi connectivity index (χ4n) is 2.70. The molecule has 0 radical (unpaired) electrons. The second-order valence-electron chi connectivity index (χ2n) is 5.25. The Morgan fingerprint density at radius 2 is 2.13 bits per heavy atom. The molecule has 0 bridgehead atoms. The molecular weight excluding hydrogens is 184 g/mol. The Labute approximate surface area is 95.2 Å². The molecule has 0 amide bonds. The van der Waals surface area contributed by atoms with Gasteiger partial charge in [-0.2, -0.15) is 0 Å². The van der Waals surface area contributed by atoms with Crippen molar-refractivity contribution in [1.82, 2.24) is 4.90 Å². The maximum Gasteiger partial charge on any atom is 0.00926 e. The first kappa shape index (κ1) is 13.0. The monoisotopic (exact) mass is 212 g/mol. The Morgan fingerprint density at radius 1 is 1.40 bits per heavy atom. The highest BCUT2D eigenvalue weighted by Crippen LogP contribution is 2.24. The average molecular weight is 212 g/mol. The van der Waals surface area contributed by atoms with Crippen LogP contribution in [0.5, 0.6) is 0 Å². The minimum absolute atomic E-state index is 0.711. The summed E-state index contributed by atoms with van der Waals surface area (Å²) in [6.45, 7) is 10.4. The van der Waals surface area contributed by atoms with Gasteiger partial charge in [0, 0.05) is 12.6 Å². The Bertz CT molecular complexity index is 170. The van der Waals surface area contributed by atoms with Crippen molar-refractivity contribution in [2.24, 2.45) is 17.6 Å². The van der Waals surface area contributed by atoms with E-state index >= 15 is 0 Å². The highest BCUT2D eigenvalue weighted by molar-refractivity contribution is 4.80. The van der Waals surface area contributed by atoms with Crippen LogP contribution >= 0.6 is 0 Å². The fourth-order valence-corrected chi connectivity index (χ4v) is 2.70. The minimum atomic E-state index is 0.711. The van der Waals surface area contributed by atoms with Crippen LogP contribution in [0.25, 0.3) is 0 Å². The van der Waals surface area contributed by atoms with Gasteiger partial charge in [0.25, 0.3) is 0 Å². The topological polar surface area (TPSA) is 29.3 Å². The maximum atomic E-state index is 5.83. The van der Waals surface area contributed by atoms with Crippen LogP contribution < -0.4 is 5.73 Å². The largest absolute Gasteiger partial charge is 0.330 e. The summed E-state index contributed by atoms with van der Waals surface area (Å²) >= 11 is 0. The smallest absolute Gasteiger partial charge is 0.00926 e. The first-order chi connectivity index (χ1) is 7.19. The van der Waals surface area contributed by atoms with Crippen LogP contribution in [0.15, 0.2) is 0 Å². The van der Waals surface area contributed by atoms with Crippen molar-refractivity contribution in [1.29, 1.82) is 0 Å². The van der Waals surface area contributed by atoms with Gasteiger partial charge in [0.15, 0.2) is 0 Å². The number of nitrogens with two attached hydrogens (primary N) is 1. The molecule has 1 fully saturated rings. The fraction of sp³-hybridized carbons (Fsp3) is 1.00. The van der Waals surface area contributed by atoms with Crippen molar-refractivity contribution in [3.63, 3.8) is 0 Å². The lowest BCUT2D eigenvalue weighted by Gasteiger charge is -2.39. The molecule has 1 aliphatic rings. The summed E-state index contributed by atoms with van der Waals surface area (Å²) in [7, 11) is 0. The molecule has 1 rings (SSSR count). The SMILES string of the molecule is CCCC(CN)CN1CCCC(C)C1C. The minimum Gasteiger partial charge on any atom is -0.330 e. The third kappa shape index (κ3) is 3.76. The van der Waals surface area contributed by atoms with Gasteiger partial charge in [-0.15, -0.1) is 0 Å². The van der Waals surface area contributed by atoms with Crippen LogP contribution in [0.2, 0.25) is 0 Å². The first-order valence-electron chi connectivity index (χ1n) is 6.63.